The minimum absolute atomic E-state index is 0. The van der Waals surface area contributed by atoms with Crippen molar-refractivity contribution in [2.45, 2.75) is 33.3 Å². The number of guanidine groups is 1. The highest BCUT2D eigenvalue weighted by Crippen LogP contribution is 2.14. The number of hydrogen-bond acceptors (Lipinski definition) is 2. The van der Waals surface area contributed by atoms with E-state index in [9.17, 15) is 5.11 Å². The molecule has 0 aliphatic heterocycles. The summed E-state index contributed by atoms with van der Waals surface area (Å²) in [6.07, 6.45) is 0.229. The lowest BCUT2D eigenvalue weighted by Crippen LogP contribution is -2.38. The van der Waals surface area contributed by atoms with Crippen molar-refractivity contribution >= 4 is 29.9 Å². The standard InChI is InChI=1S/C16H27N3O.HI/c1-4-17-16(19-12-13(2)3)18-11-10-15(20)14-8-6-5-7-9-14;/h5-9,13,15,20H,4,10-12H2,1-3H3,(H2,17,18,19);1H. The second-order valence-corrected chi connectivity index (χ2v) is 5.26. The van der Waals surface area contributed by atoms with Crippen molar-refractivity contribution in [2.75, 3.05) is 19.6 Å². The minimum atomic E-state index is -0.434. The summed E-state index contributed by atoms with van der Waals surface area (Å²) in [4.78, 5) is 4.50. The first-order chi connectivity index (χ1) is 9.63. The summed E-state index contributed by atoms with van der Waals surface area (Å²) in [7, 11) is 0. The second kappa shape index (κ2) is 11.8. The topological polar surface area (TPSA) is 56.7 Å². The first-order valence-electron chi connectivity index (χ1n) is 7.38. The molecule has 120 valence electrons. The van der Waals surface area contributed by atoms with Crippen LogP contribution in [0.25, 0.3) is 0 Å². The fraction of sp³-hybridized carbons (Fsp3) is 0.562. The van der Waals surface area contributed by atoms with Crippen LogP contribution in [0.4, 0.5) is 0 Å². The summed E-state index contributed by atoms with van der Waals surface area (Å²) >= 11 is 0. The van der Waals surface area contributed by atoms with Gasteiger partial charge in [-0.05, 0) is 24.8 Å². The van der Waals surface area contributed by atoms with Crippen LogP contribution < -0.4 is 10.6 Å². The van der Waals surface area contributed by atoms with Gasteiger partial charge in [0.05, 0.1) is 6.10 Å². The van der Waals surface area contributed by atoms with Crippen molar-refractivity contribution < 1.29 is 5.11 Å². The van der Waals surface area contributed by atoms with Crippen LogP contribution >= 0.6 is 24.0 Å². The summed E-state index contributed by atoms with van der Waals surface area (Å²) in [6.45, 7) is 8.67. The molecule has 0 aliphatic rings. The van der Waals surface area contributed by atoms with E-state index >= 15 is 0 Å². The van der Waals surface area contributed by atoms with Crippen LogP contribution in [0.3, 0.4) is 0 Å². The molecule has 0 aromatic heterocycles. The number of rotatable bonds is 7. The van der Waals surface area contributed by atoms with E-state index in [1.807, 2.05) is 37.3 Å². The Balaban J connectivity index is 0.00000400. The van der Waals surface area contributed by atoms with Gasteiger partial charge in [-0.2, -0.15) is 0 Å². The summed E-state index contributed by atoms with van der Waals surface area (Å²) in [5.74, 6) is 1.36. The van der Waals surface area contributed by atoms with Gasteiger partial charge in [0.25, 0.3) is 0 Å². The molecule has 0 bridgehead atoms. The number of nitrogens with zero attached hydrogens (tertiary/aromatic N) is 1. The van der Waals surface area contributed by atoms with Gasteiger partial charge >= 0.3 is 0 Å². The zero-order chi connectivity index (χ0) is 14.8. The molecule has 0 saturated carbocycles. The zero-order valence-corrected chi connectivity index (χ0v) is 15.5. The minimum Gasteiger partial charge on any atom is -0.388 e. The Morgan fingerprint density at radius 1 is 1.19 bits per heavy atom. The van der Waals surface area contributed by atoms with E-state index < -0.39 is 6.10 Å². The summed E-state index contributed by atoms with van der Waals surface area (Å²) in [6, 6.07) is 9.74. The maximum atomic E-state index is 10.1. The van der Waals surface area contributed by atoms with E-state index in [4.69, 9.17) is 0 Å². The Bertz CT molecular complexity index is 396. The Labute approximate surface area is 145 Å². The van der Waals surface area contributed by atoms with E-state index in [-0.39, 0.29) is 24.0 Å². The van der Waals surface area contributed by atoms with Crippen molar-refractivity contribution in [2.24, 2.45) is 10.9 Å². The molecule has 1 unspecified atom stereocenters. The number of aliphatic hydroxyl groups excluding tert-OH is 1. The Morgan fingerprint density at radius 3 is 2.43 bits per heavy atom. The van der Waals surface area contributed by atoms with Crippen molar-refractivity contribution in [3.63, 3.8) is 0 Å². The number of nitrogens with one attached hydrogen (secondary N) is 2. The van der Waals surface area contributed by atoms with Crippen molar-refractivity contribution in [3.05, 3.63) is 35.9 Å². The largest absolute Gasteiger partial charge is 0.388 e. The third-order valence-electron chi connectivity index (χ3n) is 2.85. The van der Waals surface area contributed by atoms with E-state index in [0.29, 0.717) is 18.9 Å². The van der Waals surface area contributed by atoms with Gasteiger partial charge in [0.2, 0.25) is 0 Å². The Kier molecular flexibility index (Phi) is 11.3. The van der Waals surface area contributed by atoms with Gasteiger partial charge in [-0.3, -0.25) is 4.99 Å². The lowest BCUT2D eigenvalue weighted by Gasteiger charge is -2.14. The first kappa shape index (κ1) is 20.2. The van der Waals surface area contributed by atoms with Gasteiger partial charge < -0.3 is 15.7 Å². The number of aliphatic hydroxyl groups is 1. The predicted octanol–water partition coefficient (Wildman–Crippen LogP) is 2.94. The molecule has 0 aliphatic carbocycles. The highest BCUT2D eigenvalue weighted by atomic mass is 127. The fourth-order valence-electron chi connectivity index (χ4n) is 1.78. The maximum absolute atomic E-state index is 10.1. The average Bonchev–Trinajstić information content (AvgIpc) is 2.45. The molecular formula is C16H28IN3O. The van der Waals surface area contributed by atoms with Crippen LogP contribution in [0.1, 0.15) is 38.9 Å². The van der Waals surface area contributed by atoms with Crippen LogP contribution in [0.2, 0.25) is 0 Å². The third kappa shape index (κ3) is 8.93. The summed E-state index contributed by atoms with van der Waals surface area (Å²) < 4.78 is 0. The summed E-state index contributed by atoms with van der Waals surface area (Å²) in [5.41, 5.74) is 0.957. The highest BCUT2D eigenvalue weighted by Gasteiger charge is 2.06. The second-order valence-electron chi connectivity index (χ2n) is 5.26. The SMILES string of the molecule is CCNC(=NCC(C)C)NCCC(O)c1ccccc1.I. The molecule has 4 nitrogen and oxygen atoms in total. The van der Waals surface area contributed by atoms with Crippen LogP contribution in [-0.2, 0) is 0 Å². The summed E-state index contributed by atoms with van der Waals surface area (Å²) in [5, 5.41) is 16.5. The lowest BCUT2D eigenvalue weighted by atomic mass is 10.1. The van der Waals surface area contributed by atoms with Crippen LogP contribution in [-0.4, -0.2) is 30.7 Å². The molecule has 0 amide bonds. The number of halogens is 1. The molecular weight excluding hydrogens is 377 g/mol. The molecule has 1 aromatic rings. The van der Waals surface area contributed by atoms with Gasteiger partial charge in [0, 0.05) is 19.6 Å². The van der Waals surface area contributed by atoms with E-state index in [1.54, 1.807) is 0 Å². The zero-order valence-electron chi connectivity index (χ0n) is 13.2. The van der Waals surface area contributed by atoms with Gasteiger partial charge in [-0.25, -0.2) is 0 Å². The average molecular weight is 405 g/mol. The number of hydrogen-bond donors (Lipinski definition) is 3. The molecule has 5 heteroatoms. The smallest absolute Gasteiger partial charge is 0.191 e. The Hall–Kier alpha value is -0.820. The molecule has 0 radical (unpaired) electrons. The van der Waals surface area contributed by atoms with E-state index in [1.165, 1.54) is 0 Å². The molecule has 1 rings (SSSR count). The lowest BCUT2D eigenvalue weighted by molar-refractivity contribution is 0.168. The van der Waals surface area contributed by atoms with Crippen molar-refractivity contribution in [1.29, 1.82) is 0 Å². The molecule has 3 N–H and O–H groups in total. The molecule has 0 spiro atoms. The van der Waals surface area contributed by atoms with Crippen molar-refractivity contribution in [1.82, 2.24) is 10.6 Å². The van der Waals surface area contributed by atoms with Crippen LogP contribution in [0, 0.1) is 5.92 Å². The molecule has 1 atom stereocenters. The highest BCUT2D eigenvalue weighted by molar-refractivity contribution is 14.0. The molecule has 0 saturated heterocycles. The molecule has 0 heterocycles. The Morgan fingerprint density at radius 2 is 1.86 bits per heavy atom. The monoisotopic (exact) mass is 405 g/mol. The van der Waals surface area contributed by atoms with Gasteiger partial charge in [-0.15, -0.1) is 24.0 Å². The quantitative estimate of drug-likeness (QED) is 0.372. The number of benzene rings is 1. The van der Waals surface area contributed by atoms with E-state index in [0.717, 1.165) is 24.6 Å². The van der Waals surface area contributed by atoms with E-state index in [2.05, 4.69) is 29.5 Å². The van der Waals surface area contributed by atoms with Gasteiger partial charge in [-0.1, -0.05) is 44.2 Å². The third-order valence-corrected chi connectivity index (χ3v) is 2.85. The predicted molar refractivity (Wildman–Crippen MR) is 100 cm³/mol. The van der Waals surface area contributed by atoms with Gasteiger partial charge in [0.15, 0.2) is 5.96 Å². The maximum Gasteiger partial charge on any atom is 0.191 e. The first-order valence-corrected chi connectivity index (χ1v) is 7.38. The van der Waals surface area contributed by atoms with Gasteiger partial charge in [0.1, 0.15) is 0 Å². The normalized spacial score (nSPS) is 12.7. The van der Waals surface area contributed by atoms with Crippen molar-refractivity contribution in [3.8, 4) is 0 Å². The number of aliphatic imine (C=N–C) groups is 1. The molecule has 0 fully saturated rings. The fourth-order valence-corrected chi connectivity index (χ4v) is 1.78. The molecule has 1 aromatic carbocycles. The van der Waals surface area contributed by atoms with Crippen LogP contribution in [0.5, 0.6) is 0 Å². The molecule has 21 heavy (non-hydrogen) atoms. The van der Waals surface area contributed by atoms with Crippen LogP contribution in [0.15, 0.2) is 35.3 Å².